The summed E-state index contributed by atoms with van der Waals surface area (Å²) in [4.78, 5) is 11.4. The van der Waals surface area contributed by atoms with E-state index in [2.05, 4.69) is 5.32 Å². The molecule has 0 amide bonds. The van der Waals surface area contributed by atoms with Crippen molar-refractivity contribution < 1.29 is 19.7 Å². The molecule has 110 valence electrons. The first-order valence-electron chi connectivity index (χ1n) is 6.49. The number of aromatic hydroxyl groups is 1. The van der Waals surface area contributed by atoms with Gasteiger partial charge in [0.15, 0.2) is 11.5 Å². The fraction of sp³-hybridized carbons (Fsp3) is 0.188. The first kappa shape index (κ1) is 14.9. The van der Waals surface area contributed by atoms with Crippen LogP contribution in [0.2, 0.25) is 0 Å². The van der Waals surface area contributed by atoms with Crippen LogP contribution in [0, 0.1) is 0 Å². The van der Waals surface area contributed by atoms with Gasteiger partial charge in [0, 0.05) is 6.54 Å². The zero-order valence-electron chi connectivity index (χ0n) is 11.6. The molecule has 0 aliphatic carbocycles. The summed E-state index contributed by atoms with van der Waals surface area (Å²) in [6.45, 7) is 0.432. The lowest BCUT2D eigenvalue weighted by Gasteiger charge is -2.16. The summed E-state index contributed by atoms with van der Waals surface area (Å²) >= 11 is 0. The number of phenols is 1. The summed E-state index contributed by atoms with van der Waals surface area (Å²) in [5.74, 6) is -0.757. The molecular formula is C16H17NO4. The number of hydrogen-bond acceptors (Lipinski definition) is 4. The van der Waals surface area contributed by atoms with E-state index in [1.54, 1.807) is 6.07 Å². The minimum Gasteiger partial charge on any atom is -0.504 e. The van der Waals surface area contributed by atoms with Gasteiger partial charge in [0.25, 0.3) is 0 Å². The summed E-state index contributed by atoms with van der Waals surface area (Å²) in [5, 5.41) is 21.9. The van der Waals surface area contributed by atoms with Crippen LogP contribution in [0.4, 0.5) is 0 Å². The first-order valence-corrected chi connectivity index (χ1v) is 6.49. The number of nitrogens with one attached hydrogen (secondary N) is 1. The van der Waals surface area contributed by atoms with Crippen LogP contribution >= 0.6 is 0 Å². The van der Waals surface area contributed by atoms with Crippen molar-refractivity contribution in [3.05, 3.63) is 59.7 Å². The van der Waals surface area contributed by atoms with Crippen LogP contribution in [-0.2, 0) is 11.3 Å². The van der Waals surface area contributed by atoms with Crippen molar-refractivity contribution in [3.63, 3.8) is 0 Å². The number of methoxy groups -OCH3 is 1. The van der Waals surface area contributed by atoms with E-state index >= 15 is 0 Å². The van der Waals surface area contributed by atoms with Crippen LogP contribution in [0.5, 0.6) is 11.5 Å². The molecule has 0 fully saturated rings. The number of ether oxygens (including phenoxy) is 1. The summed E-state index contributed by atoms with van der Waals surface area (Å²) in [6, 6.07) is 13.2. The Balaban J connectivity index is 2.17. The van der Waals surface area contributed by atoms with E-state index in [-0.39, 0.29) is 11.5 Å². The van der Waals surface area contributed by atoms with Gasteiger partial charge in [-0.25, -0.2) is 0 Å². The molecule has 0 aliphatic rings. The highest BCUT2D eigenvalue weighted by Crippen LogP contribution is 2.29. The SMILES string of the molecule is COc1cc(C(NCc2ccccc2)C(=O)O)ccc1O. The lowest BCUT2D eigenvalue weighted by Crippen LogP contribution is -2.28. The highest BCUT2D eigenvalue weighted by Gasteiger charge is 2.20. The van der Waals surface area contributed by atoms with E-state index in [4.69, 9.17) is 4.74 Å². The van der Waals surface area contributed by atoms with E-state index in [1.807, 2.05) is 30.3 Å². The van der Waals surface area contributed by atoms with Crippen molar-refractivity contribution in [3.8, 4) is 11.5 Å². The second kappa shape index (κ2) is 6.76. The van der Waals surface area contributed by atoms with Crippen LogP contribution in [0.25, 0.3) is 0 Å². The molecule has 0 heterocycles. The van der Waals surface area contributed by atoms with E-state index < -0.39 is 12.0 Å². The van der Waals surface area contributed by atoms with Gasteiger partial charge in [0.1, 0.15) is 6.04 Å². The molecule has 5 heteroatoms. The van der Waals surface area contributed by atoms with Gasteiger partial charge in [-0.15, -0.1) is 0 Å². The van der Waals surface area contributed by atoms with Crippen molar-refractivity contribution in [1.82, 2.24) is 5.32 Å². The highest BCUT2D eigenvalue weighted by atomic mass is 16.5. The summed E-state index contributed by atoms with van der Waals surface area (Å²) in [6.07, 6.45) is 0. The third-order valence-corrected chi connectivity index (χ3v) is 3.14. The highest BCUT2D eigenvalue weighted by molar-refractivity contribution is 5.76. The molecule has 0 aromatic heterocycles. The lowest BCUT2D eigenvalue weighted by molar-refractivity contribution is -0.139. The second-order valence-corrected chi connectivity index (χ2v) is 4.57. The Morgan fingerprint density at radius 3 is 2.57 bits per heavy atom. The Labute approximate surface area is 122 Å². The molecule has 21 heavy (non-hydrogen) atoms. The summed E-state index contributed by atoms with van der Waals surface area (Å²) < 4.78 is 5.01. The Hall–Kier alpha value is -2.53. The number of carbonyl (C=O) groups is 1. The standard InChI is InChI=1S/C16H17NO4/c1-21-14-9-12(7-8-13(14)18)15(16(19)20)17-10-11-5-3-2-4-6-11/h2-9,15,17-18H,10H2,1H3,(H,19,20). The lowest BCUT2D eigenvalue weighted by atomic mass is 10.1. The Bertz CT molecular complexity index is 613. The molecule has 0 spiro atoms. The van der Waals surface area contributed by atoms with Crippen molar-refractivity contribution >= 4 is 5.97 Å². The summed E-state index contributed by atoms with van der Waals surface area (Å²) in [5.41, 5.74) is 1.52. The molecule has 0 saturated heterocycles. The quantitative estimate of drug-likeness (QED) is 0.760. The van der Waals surface area contributed by atoms with Crippen molar-refractivity contribution in [2.45, 2.75) is 12.6 Å². The average molecular weight is 287 g/mol. The predicted molar refractivity (Wildman–Crippen MR) is 78.3 cm³/mol. The predicted octanol–water partition coefficient (Wildman–Crippen LogP) is 2.32. The molecular weight excluding hydrogens is 270 g/mol. The average Bonchev–Trinajstić information content (AvgIpc) is 2.49. The van der Waals surface area contributed by atoms with E-state index in [9.17, 15) is 15.0 Å². The second-order valence-electron chi connectivity index (χ2n) is 4.57. The van der Waals surface area contributed by atoms with Crippen LogP contribution in [0.15, 0.2) is 48.5 Å². The molecule has 3 N–H and O–H groups in total. The van der Waals surface area contributed by atoms with Gasteiger partial charge in [-0.1, -0.05) is 36.4 Å². The van der Waals surface area contributed by atoms with Gasteiger partial charge in [-0.3, -0.25) is 10.1 Å². The third kappa shape index (κ3) is 3.73. The Kier molecular flexibility index (Phi) is 4.79. The maximum Gasteiger partial charge on any atom is 0.325 e. The van der Waals surface area contributed by atoms with Crippen LogP contribution in [-0.4, -0.2) is 23.3 Å². The molecule has 0 aliphatic heterocycles. The first-order chi connectivity index (χ1) is 10.1. The molecule has 0 radical (unpaired) electrons. The number of benzene rings is 2. The molecule has 2 aromatic carbocycles. The minimum atomic E-state index is -0.987. The maximum absolute atomic E-state index is 11.4. The number of carboxylic acid groups (broad SMARTS) is 1. The summed E-state index contributed by atoms with van der Waals surface area (Å²) in [7, 11) is 1.42. The fourth-order valence-corrected chi connectivity index (χ4v) is 2.04. The fourth-order valence-electron chi connectivity index (χ4n) is 2.04. The zero-order valence-corrected chi connectivity index (χ0v) is 11.6. The molecule has 5 nitrogen and oxygen atoms in total. The molecule has 2 aromatic rings. The van der Waals surface area contributed by atoms with Crippen LogP contribution < -0.4 is 10.1 Å². The number of carboxylic acids is 1. The Morgan fingerprint density at radius 2 is 1.95 bits per heavy atom. The van der Waals surface area contributed by atoms with Crippen LogP contribution in [0.3, 0.4) is 0 Å². The van der Waals surface area contributed by atoms with Crippen LogP contribution in [0.1, 0.15) is 17.2 Å². The number of hydrogen-bond donors (Lipinski definition) is 3. The van der Waals surface area contributed by atoms with E-state index in [0.717, 1.165) is 5.56 Å². The number of phenolic OH excluding ortho intramolecular Hbond substituents is 1. The topological polar surface area (TPSA) is 78.8 Å². The maximum atomic E-state index is 11.4. The number of aliphatic carboxylic acids is 1. The monoisotopic (exact) mass is 287 g/mol. The molecule has 1 atom stereocenters. The smallest absolute Gasteiger partial charge is 0.325 e. The zero-order chi connectivity index (χ0) is 15.2. The van der Waals surface area contributed by atoms with Gasteiger partial charge in [0.2, 0.25) is 0 Å². The van der Waals surface area contributed by atoms with Gasteiger partial charge < -0.3 is 14.9 Å². The van der Waals surface area contributed by atoms with Crippen molar-refractivity contribution in [2.75, 3.05) is 7.11 Å². The molecule has 2 rings (SSSR count). The van der Waals surface area contributed by atoms with E-state index in [0.29, 0.717) is 12.1 Å². The molecule has 0 saturated carbocycles. The van der Waals surface area contributed by atoms with Gasteiger partial charge in [-0.05, 0) is 23.3 Å². The van der Waals surface area contributed by atoms with Gasteiger partial charge >= 0.3 is 5.97 Å². The van der Waals surface area contributed by atoms with Gasteiger partial charge in [0.05, 0.1) is 7.11 Å². The minimum absolute atomic E-state index is 0.0200. The van der Waals surface area contributed by atoms with Gasteiger partial charge in [-0.2, -0.15) is 0 Å². The third-order valence-electron chi connectivity index (χ3n) is 3.14. The van der Waals surface area contributed by atoms with Crippen molar-refractivity contribution in [1.29, 1.82) is 0 Å². The molecule has 1 unspecified atom stereocenters. The normalized spacial score (nSPS) is 11.9. The van der Waals surface area contributed by atoms with E-state index in [1.165, 1.54) is 19.2 Å². The largest absolute Gasteiger partial charge is 0.504 e. The van der Waals surface area contributed by atoms with Crippen molar-refractivity contribution in [2.24, 2.45) is 0 Å². The number of rotatable bonds is 6. The Morgan fingerprint density at radius 1 is 1.24 bits per heavy atom. The molecule has 0 bridgehead atoms.